The van der Waals surface area contributed by atoms with Gasteiger partial charge in [0, 0.05) is 5.41 Å². The van der Waals surface area contributed by atoms with Gasteiger partial charge in [-0.05, 0) is 43.4 Å². The van der Waals surface area contributed by atoms with Gasteiger partial charge in [0.15, 0.2) is 0 Å². The summed E-state index contributed by atoms with van der Waals surface area (Å²) in [7, 11) is 0. The van der Waals surface area contributed by atoms with Crippen LogP contribution in [0.3, 0.4) is 0 Å². The summed E-state index contributed by atoms with van der Waals surface area (Å²) in [6, 6.07) is 0. The molecule has 0 heterocycles. The van der Waals surface area contributed by atoms with E-state index < -0.39 is 0 Å². The first-order chi connectivity index (χ1) is 7.15. The van der Waals surface area contributed by atoms with Crippen LogP contribution < -0.4 is 0 Å². The van der Waals surface area contributed by atoms with Crippen LogP contribution in [-0.4, -0.2) is 5.78 Å². The molecule has 0 aliphatic heterocycles. The molecule has 0 radical (unpaired) electrons. The van der Waals surface area contributed by atoms with E-state index in [1.807, 2.05) is 0 Å². The minimum Gasteiger partial charge on any atom is -0.299 e. The average Bonchev–Trinajstić information content (AvgIpc) is 2.16. The predicted molar refractivity (Wildman–Crippen MR) is 69.4 cm³/mol. The Balaban J connectivity index is 2.75. The maximum Gasteiger partial charge on any atom is 0.135 e. The quantitative estimate of drug-likeness (QED) is 0.677. The van der Waals surface area contributed by atoms with Crippen LogP contribution in [0.25, 0.3) is 0 Å². The highest BCUT2D eigenvalue weighted by Gasteiger charge is 2.39. The van der Waals surface area contributed by atoms with Crippen molar-refractivity contribution in [1.29, 1.82) is 0 Å². The van der Waals surface area contributed by atoms with Crippen LogP contribution >= 0.6 is 0 Å². The molecule has 0 aromatic rings. The second-order valence-electron chi connectivity index (χ2n) is 7.20. The lowest BCUT2D eigenvalue weighted by atomic mass is 9.62. The van der Waals surface area contributed by atoms with Crippen LogP contribution in [0, 0.1) is 22.7 Å². The van der Waals surface area contributed by atoms with E-state index in [9.17, 15) is 4.79 Å². The lowest BCUT2D eigenvalue weighted by Crippen LogP contribution is -2.37. The molecule has 1 aliphatic rings. The summed E-state index contributed by atoms with van der Waals surface area (Å²) in [4.78, 5) is 11.7. The molecule has 0 aromatic carbocycles. The molecule has 1 saturated carbocycles. The summed E-state index contributed by atoms with van der Waals surface area (Å²) >= 11 is 0. The van der Waals surface area contributed by atoms with E-state index in [2.05, 4.69) is 34.6 Å². The van der Waals surface area contributed by atoms with Crippen molar-refractivity contribution in [3.05, 3.63) is 0 Å². The van der Waals surface area contributed by atoms with Crippen LogP contribution in [-0.2, 0) is 4.79 Å². The zero-order valence-electron chi connectivity index (χ0n) is 11.9. The van der Waals surface area contributed by atoms with Gasteiger partial charge in [0.05, 0.1) is 0 Å². The van der Waals surface area contributed by atoms with Gasteiger partial charge in [-0.2, -0.15) is 0 Å². The van der Waals surface area contributed by atoms with Gasteiger partial charge in [0.25, 0.3) is 0 Å². The Bertz CT molecular complexity index is 257. The number of hydrogen-bond donors (Lipinski definition) is 0. The largest absolute Gasteiger partial charge is 0.299 e. The number of ketones is 1. The lowest BCUT2D eigenvalue weighted by molar-refractivity contribution is -0.129. The van der Waals surface area contributed by atoms with E-state index in [-0.39, 0.29) is 5.41 Å². The van der Waals surface area contributed by atoms with Gasteiger partial charge in [0.2, 0.25) is 0 Å². The summed E-state index contributed by atoms with van der Waals surface area (Å²) in [5.74, 6) is 1.72. The van der Waals surface area contributed by atoms with Crippen molar-refractivity contribution in [2.24, 2.45) is 22.7 Å². The second kappa shape index (κ2) is 4.50. The van der Waals surface area contributed by atoms with E-state index >= 15 is 0 Å². The molecule has 0 amide bonds. The highest BCUT2D eigenvalue weighted by molar-refractivity contribution is 5.81. The molecule has 16 heavy (non-hydrogen) atoms. The smallest absolute Gasteiger partial charge is 0.135 e. The van der Waals surface area contributed by atoms with Gasteiger partial charge in [-0.25, -0.2) is 0 Å². The van der Waals surface area contributed by atoms with E-state index in [1.54, 1.807) is 6.92 Å². The fourth-order valence-electron chi connectivity index (χ4n) is 2.92. The van der Waals surface area contributed by atoms with Crippen molar-refractivity contribution < 1.29 is 4.79 Å². The molecule has 1 nitrogen and oxygen atoms in total. The van der Waals surface area contributed by atoms with Crippen LogP contribution in [0.5, 0.6) is 0 Å². The third-order valence-corrected chi connectivity index (χ3v) is 4.83. The molecule has 1 aliphatic carbocycles. The van der Waals surface area contributed by atoms with Gasteiger partial charge in [-0.15, -0.1) is 0 Å². The van der Waals surface area contributed by atoms with Gasteiger partial charge < -0.3 is 0 Å². The first-order valence-corrected chi connectivity index (χ1v) is 6.66. The molecule has 1 fully saturated rings. The lowest BCUT2D eigenvalue weighted by Gasteiger charge is -2.43. The zero-order chi connectivity index (χ0) is 12.6. The standard InChI is InChI=1S/C15H28O/c1-11(16)15(5,6)13-9-7-8-12(10-13)14(2,3)4/h12-13H,7-10H2,1-6H3. The maximum atomic E-state index is 11.7. The van der Waals surface area contributed by atoms with Crippen molar-refractivity contribution in [2.45, 2.75) is 67.2 Å². The van der Waals surface area contributed by atoms with Crippen LogP contribution in [0.4, 0.5) is 0 Å². The zero-order valence-corrected chi connectivity index (χ0v) is 11.9. The molecule has 94 valence electrons. The fraction of sp³-hybridized carbons (Fsp3) is 0.933. The molecule has 0 aromatic heterocycles. The van der Waals surface area contributed by atoms with E-state index in [1.165, 1.54) is 25.7 Å². The number of rotatable bonds is 2. The van der Waals surface area contributed by atoms with Crippen LogP contribution in [0.2, 0.25) is 0 Å². The topological polar surface area (TPSA) is 17.1 Å². The average molecular weight is 224 g/mol. The van der Waals surface area contributed by atoms with Crippen LogP contribution in [0.15, 0.2) is 0 Å². The van der Waals surface area contributed by atoms with Crippen molar-refractivity contribution in [3.8, 4) is 0 Å². The molecule has 0 bridgehead atoms. The normalized spacial score (nSPS) is 27.9. The van der Waals surface area contributed by atoms with Gasteiger partial charge in [-0.1, -0.05) is 41.0 Å². The van der Waals surface area contributed by atoms with Crippen LogP contribution in [0.1, 0.15) is 67.2 Å². The Kier molecular flexibility index (Phi) is 3.87. The fourth-order valence-corrected chi connectivity index (χ4v) is 2.92. The summed E-state index contributed by atoms with van der Waals surface area (Å²) < 4.78 is 0. The number of carbonyl (C=O) groups is 1. The first kappa shape index (κ1) is 13.7. The Morgan fingerprint density at radius 1 is 1.00 bits per heavy atom. The van der Waals surface area contributed by atoms with E-state index in [4.69, 9.17) is 0 Å². The maximum absolute atomic E-state index is 11.7. The monoisotopic (exact) mass is 224 g/mol. The third kappa shape index (κ3) is 2.87. The Labute approximate surface area is 101 Å². The SMILES string of the molecule is CC(=O)C(C)(C)C1CCCC(C(C)(C)C)C1. The second-order valence-corrected chi connectivity index (χ2v) is 7.20. The van der Waals surface area contributed by atoms with Crippen molar-refractivity contribution in [1.82, 2.24) is 0 Å². The number of Topliss-reactive ketones (excluding diaryl/α,β-unsaturated/α-hetero) is 1. The minimum atomic E-state index is -0.121. The highest BCUT2D eigenvalue weighted by atomic mass is 16.1. The molecule has 0 spiro atoms. The van der Waals surface area contributed by atoms with Gasteiger partial charge in [0.1, 0.15) is 5.78 Å². The molecular formula is C15H28O. The van der Waals surface area contributed by atoms with E-state index in [0.29, 0.717) is 17.1 Å². The molecular weight excluding hydrogens is 196 g/mol. The minimum absolute atomic E-state index is 0.121. The predicted octanol–water partition coefficient (Wildman–Crippen LogP) is 4.45. The molecule has 2 unspecified atom stereocenters. The Morgan fingerprint density at radius 2 is 1.50 bits per heavy atom. The molecule has 1 heteroatoms. The number of hydrogen-bond acceptors (Lipinski definition) is 1. The van der Waals surface area contributed by atoms with Crippen molar-refractivity contribution in [3.63, 3.8) is 0 Å². The van der Waals surface area contributed by atoms with Crippen molar-refractivity contribution >= 4 is 5.78 Å². The summed E-state index contributed by atoms with van der Waals surface area (Å²) in [5, 5.41) is 0. The van der Waals surface area contributed by atoms with Gasteiger partial charge in [-0.3, -0.25) is 4.79 Å². The Morgan fingerprint density at radius 3 is 1.94 bits per heavy atom. The molecule has 0 saturated heterocycles. The summed E-state index contributed by atoms with van der Waals surface area (Å²) in [6.45, 7) is 13.0. The van der Waals surface area contributed by atoms with E-state index in [0.717, 1.165) is 5.92 Å². The van der Waals surface area contributed by atoms with Gasteiger partial charge >= 0.3 is 0 Å². The van der Waals surface area contributed by atoms with Crippen molar-refractivity contribution in [2.75, 3.05) is 0 Å². The third-order valence-electron chi connectivity index (χ3n) is 4.83. The molecule has 1 rings (SSSR count). The Hall–Kier alpha value is -0.330. The highest BCUT2D eigenvalue weighted by Crippen LogP contribution is 2.46. The summed E-state index contributed by atoms with van der Waals surface area (Å²) in [5.41, 5.74) is 0.273. The first-order valence-electron chi connectivity index (χ1n) is 6.66. The summed E-state index contributed by atoms with van der Waals surface area (Å²) in [6.07, 6.45) is 5.10. The molecule has 0 N–H and O–H groups in total. The number of carbonyl (C=O) groups excluding carboxylic acids is 1. The molecule has 2 atom stereocenters.